The second kappa shape index (κ2) is 8.28. The van der Waals surface area contributed by atoms with Crippen molar-refractivity contribution in [2.45, 2.75) is 40.0 Å². The van der Waals surface area contributed by atoms with Gasteiger partial charge in [0.25, 0.3) is 0 Å². The van der Waals surface area contributed by atoms with Gasteiger partial charge in [-0.2, -0.15) is 0 Å². The third kappa shape index (κ3) is 5.96. The van der Waals surface area contributed by atoms with Crippen LogP contribution in [0.25, 0.3) is 0 Å². The molecule has 0 heterocycles. The number of ether oxygens (including phenoxy) is 1. The Labute approximate surface area is 130 Å². The molecule has 3 heteroatoms. The highest BCUT2D eigenvalue weighted by Crippen LogP contribution is 2.32. The SMILES string of the molecule is COc1cccc(N(C)CCCC(CCN)C(C)(C)C)c1. The number of nitrogens with zero attached hydrogens (tertiary/aromatic N) is 1. The smallest absolute Gasteiger partial charge is 0.120 e. The Hall–Kier alpha value is -1.22. The first-order valence-electron chi connectivity index (χ1n) is 7.93. The third-order valence-electron chi connectivity index (χ3n) is 4.28. The number of benzene rings is 1. The van der Waals surface area contributed by atoms with Crippen LogP contribution in [0.5, 0.6) is 5.75 Å². The molecule has 0 saturated heterocycles. The minimum absolute atomic E-state index is 0.341. The molecule has 0 aliphatic heterocycles. The Bertz CT molecular complexity index is 412. The normalized spacial score (nSPS) is 13.0. The fourth-order valence-corrected chi connectivity index (χ4v) is 2.76. The Morgan fingerprint density at radius 1 is 1.24 bits per heavy atom. The van der Waals surface area contributed by atoms with Crippen molar-refractivity contribution in [2.24, 2.45) is 17.1 Å². The fourth-order valence-electron chi connectivity index (χ4n) is 2.76. The molecule has 120 valence electrons. The molecule has 0 saturated carbocycles. The van der Waals surface area contributed by atoms with E-state index in [0.29, 0.717) is 11.3 Å². The summed E-state index contributed by atoms with van der Waals surface area (Å²) >= 11 is 0. The van der Waals surface area contributed by atoms with Gasteiger partial charge in [0.05, 0.1) is 7.11 Å². The molecule has 0 aromatic heterocycles. The van der Waals surface area contributed by atoms with E-state index >= 15 is 0 Å². The topological polar surface area (TPSA) is 38.5 Å². The molecule has 1 atom stereocenters. The quantitative estimate of drug-likeness (QED) is 0.789. The van der Waals surface area contributed by atoms with E-state index in [1.54, 1.807) is 7.11 Å². The van der Waals surface area contributed by atoms with Crippen LogP contribution in [0, 0.1) is 11.3 Å². The highest BCUT2D eigenvalue weighted by molar-refractivity contribution is 5.49. The van der Waals surface area contributed by atoms with Crippen molar-refractivity contribution >= 4 is 5.69 Å². The standard InChI is InChI=1S/C18H32N2O/c1-18(2,3)15(11-12-19)8-7-13-20(4)16-9-6-10-17(14-16)21-5/h6,9-10,14-15H,7-8,11-13,19H2,1-5H3. The van der Waals surface area contributed by atoms with Crippen molar-refractivity contribution in [1.82, 2.24) is 0 Å². The highest BCUT2D eigenvalue weighted by Gasteiger charge is 2.23. The van der Waals surface area contributed by atoms with Gasteiger partial charge in [-0.15, -0.1) is 0 Å². The summed E-state index contributed by atoms with van der Waals surface area (Å²) in [4.78, 5) is 2.30. The predicted molar refractivity (Wildman–Crippen MR) is 92.1 cm³/mol. The highest BCUT2D eigenvalue weighted by atomic mass is 16.5. The molecular formula is C18H32N2O. The molecule has 0 bridgehead atoms. The number of anilines is 1. The summed E-state index contributed by atoms with van der Waals surface area (Å²) < 4.78 is 5.28. The van der Waals surface area contributed by atoms with Crippen LogP contribution in [0.4, 0.5) is 5.69 Å². The first-order valence-corrected chi connectivity index (χ1v) is 7.93. The van der Waals surface area contributed by atoms with Gasteiger partial charge in [-0.25, -0.2) is 0 Å². The molecular weight excluding hydrogens is 260 g/mol. The van der Waals surface area contributed by atoms with Gasteiger partial charge in [-0.1, -0.05) is 26.8 Å². The molecule has 1 aromatic carbocycles. The number of hydrogen-bond acceptors (Lipinski definition) is 3. The summed E-state index contributed by atoms with van der Waals surface area (Å²) in [6.07, 6.45) is 3.54. The summed E-state index contributed by atoms with van der Waals surface area (Å²) in [5, 5.41) is 0. The number of hydrogen-bond donors (Lipinski definition) is 1. The van der Waals surface area contributed by atoms with E-state index < -0.39 is 0 Å². The van der Waals surface area contributed by atoms with Crippen molar-refractivity contribution < 1.29 is 4.74 Å². The molecule has 21 heavy (non-hydrogen) atoms. The molecule has 1 aromatic rings. The van der Waals surface area contributed by atoms with E-state index in [9.17, 15) is 0 Å². The molecule has 0 amide bonds. The zero-order valence-corrected chi connectivity index (χ0v) is 14.4. The van der Waals surface area contributed by atoms with Crippen LogP contribution in [-0.4, -0.2) is 27.2 Å². The molecule has 2 N–H and O–H groups in total. The Kier molecular flexibility index (Phi) is 7.03. The van der Waals surface area contributed by atoms with Crippen LogP contribution < -0.4 is 15.4 Å². The fraction of sp³-hybridized carbons (Fsp3) is 0.667. The molecule has 0 spiro atoms. The monoisotopic (exact) mass is 292 g/mol. The average molecular weight is 292 g/mol. The molecule has 0 aliphatic carbocycles. The zero-order chi connectivity index (χ0) is 15.9. The predicted octanol–water partition coefficient (Wildman–Crippen LogP) is 3.92. The summed E-state index contributed by atoms with van der Waals surface area (Å²) in [6, 6.07) is 8.23. The second-order valence-electron chi connectivity index (χ2n) is 6.91. The molecule has 1 rings (SSSR count). The van der Waals surface area contributed by atoms with Gasteiger partial charge >= 0.3 is 0 Å². The first-order chi connectivity index (χ1) is 9.88. The summed E-state index contributed by atoms with van der Waals surface area (Å²) in [5.74, 6) is 1.61. The third-order valence-corrected chi connectivity index (χ3v) is 4.28. The van der Waals surface area contributed by atoms with E-state index in [0.717, 1.165) is 25.3 Å². The molecule has 3 nitrogen and oxygen atoms in total. The Balaban J connectivity index is 2.50. The van der Waals surface area contributed by atoms with E-state index in [1.807, 2.05) is 12.1 Å². The lowest BCUT2D eigenvalue weighted by Crippen LogP contribution is -2.25. The Morgan fingerprint density at radius 3 is 2.52 bits per heavy atom. The van der Waals surface area contributed by atoms with Crippen LogP contribution in [-0.2, 0) is 0 Å². The van der Waals surface area contributed by atoms with E-state index in [-0.39, 0.29) is 0 Å². The van der Waals surface area contributed by atoms with Gasteiger partial charge in [0.2, 0.25) is 0 Å². The first kappa shape index (κ1) is 17.8. The van der Waals surface area contributed by atoms with Gasteiger partial charge in [-0.3, -0.25) is 0 Å². The van der Waals surface area contributed by atoms with Gasteiger partial charge in [0.1, 0.15) is 5.75 Å². The van der Waals surface area contributed by atoms with Crippen molar-refractivity contribution in [2.75, 3.05) is 32.1 Å². The lowest BCUT2D eigenvalue weighted by Gasteiger charge is -2.31. The summed E-state index contributed by atoms with van der Waals surface area (Å²) in [6.45, 7) is 8.80. The second-order valence-corrected chi connectivity index (χ2v) is 6.91. The summed E-state index contributed by atoms with van der Waals surface area (Å²) in [7, 11) is 3.85. The lowest BCUT2D eigenvalue weighted by molar-refractivity contribution is 0.211. The minimum atomic E-state index is 0.341. The van der Waals surface area contributed by atoms with Crippen molar-refractivity contribution in [3.05, 3.63) is 24.3 Å². The number of nitrogens with two attached hydrogens (primary N) is 1. The van der Waals surface area contributed by atoms with Crippen LogP contribution in [0.3, 0.4) is 0 Å². The molecule has 0 fully saturated rings. The maximum atomic E-state index is 5.76. The van der Waals surface area contributed by atoms with Gasteiger partial charge in [0, 0.05) is 25.3 Å². The van der Waals surface area contributed by atoms with Crippen LogP contribution in [0.2, 0.25) is 0 Å². The molecule has 0 aliphatic rings. The average Bonchev–Trinajstić information content (AvgIpc) is 2.45. The lowest BCUT2D eigenvalue weighted by atomic mass is 9.76. The molecule has 1 unspecified atom stereocenters. The Morgan fingerprint density at radius 2 is 1.95 bits per heavy atom. The van der Waals surface area contributed by atoms with Crippen molar-refractivity contribution in [3.8, 4) is 5.75 Å². The van der Waals surface area contributed by atoms with Crippen molar-refractivity contribution in [3.63, 3.8) is 0 Å². The summed E-state index contributed by atoms with van der Waals surface area (Å²) in [5.41, 5.74) is 7.31. The van der Waals surface area contributed by atoms with Gasteiger partial charge in [0.15, 0.2) is 0 Å². The van der Waals surface area contributed by atoms with Crippen LogP contribution in [0.1, 0.15) is 40.0 Å². The van der Waals surface area contributed by atoms with E-state index in [1.165, 1.54) is 18.5 Å². The minimum Gasteiger partial charge on any atom is -0.497 e. The maximum Gasteiger partial charge on any atom is 0.120 e. The number of rotatable bonds is 8. The van der Waals surface area contributed by atoms with Gasteiger partial charge in [-0.05, 0) is 49.3 Å². The van der Waals surface area contributed by atoms with E-state index in [4.69, 9.17) is 10.5 Å². The largest absolute Gasteiger partial charge is 0.497 e. The number of methoxy groups -OCH3 is 1. The van der Waals surface area contributed by atoms with Gasteiger partial charge < -0.3 is 15.4 Å². The molecule has 0 radical (unpaired) electrons. The van der Waals surface area contributed by atoms with E-state index in [2.05, 4.69) is 44.9 Å². The maximum absolute atomic E-state index is 5.76. The zero-order valence-electron chi connectivity index (χ0n) is 14.4. The van der Waals surface area contributed by atoms with Crippen molar-refractivity contribution in [1.29, 1.82) is 0 Å². The van der Waals surface area contributed by atoms with Crippen LogP contribution in [0.15, 0.2) is 24.3 Å². The van der Waals surface area contributed by atoms with Crippen LogP contribution >= 0.6 is 0 Å².